The van der Waals surface area contributed by atoms with Crippen molar-refractivity contribution in [3.63, 3.8) is 0 Å². The third-order valence-electron chi connectivity index (χ3n) is 2.88. The first-order valence-electron chi connectivity index (χ1n) is 6.60. The molecule has 0 fully saturated rings. The fraction of sp³-hybridized carbons (Fsp3) is 0.600. The fourth-order valence-electron chi connectivity index (χ4n) is 1.94. The van der Waals surface area contributed by atoms with Gasteiger partial charge >= 0.3 is 0 Å². The number of nitrogens with two attached hydrogens (primary N) is 1. The van der Waals surface area contributed by atoms with Crippen molar-refractivity contribution >= 4 is 0 Å². The Morgan fingerprint density at radius 3 is 2.78 bits per heavy atom. The summed E-state index contributed by atoms with van der Waals surface area (Å²) < 4.78 is 10.3. The monoisotopic (exact) mass is 251 g/mol. The zero-order chi connectivity index (χ0) is 13.2. The van der Waals surface area contributed by atoms with Crippen LogP contribution in [0.1, 0.15) is 24.0 Å². The van der Waals surface area contributed by atoms with E-state index >= 15 is 0 Å². The number of rotatable bonds is 9. The molecule has 102 valence electrons. The summed E-state index contributed by atoms with van der Waals surface area (Å²) in [4.78, 5) is 0. The van der Waals surface area contributed by atoms with Crippen LogP contribution in [0.15, 0.2) is 24.3 Å². The average Bonchev–Trinajstić information content (AvgIpc) is 2.33. The van der Waals surface area contributed by atoms with Crippen molar-refractivity contribution in [2.45, 2.75) is 32.2 Å². The molecule has 1 unspecified atom stereocenters. The second-order valence-corrected chi connectivity index (χ2v) is 4.70. The maximum Gasteiger partial charge on any atom is 0.0700 e. The van der Waals surface area contributed by atoms with E-state index in [0.717, 1.165) is 25.9 Å². The number of methoxy groups -OCH3 is 1. The van der Waals surface area contributed by atoms with Crippen LogP contribution in [0.2, 0.25) is 0 Å². The molecule has 0 aliphatic carbocycles. The molecule has 0 saturated carbocycles. The van der Waals surface area contributed by atoms with Gasteiger partial charge < -0.3 is 15.2 Å². The quantitative estimate of drug-likeness (QED) is 0.685. The van der Waals surface area contributed by atoms with Gasteiger partial charge in [-0.15, -0.1) is 0 Å². The second kappa shape index (κ2) is 9.09. The van der Waals surface area contributed by atoms with Crippen molar-refractivity contribution < 1.29 is 9.47 Å². The highest BCUT2D eigenvalue weighted by atomic mass is 16.5. The average molecular weight is 251 g/mol. The number of aryl methyl sites for hydroxylation is 1. The molecule has 3 nitrogen and oxygen atoms in total. The van der Waals surface area contributed by atoms with Crippen LogP contribution in [0, 0.1) is 6.92 Å². The van der Waals surface area contributed by atoms with Gasteiger partial charge in [-0.05, 0) is 31.7 Å². The molecular weight excluding hydrogens is 226 g/mol. The summed E-state index contributed by atoms with van der Waals surface area (Å²) in [6, 6.07) is 8.76. The molecule has 0 radical (unpaired) electrons. The zero-order valence-electron chi connectivity index (χ0n) is 11.5. The van der Waals surface area contributed by atoms with E-state index in [9.17, 15) is 0 Å². The summed E-state index contributed by atoms with van der Waals surface area (Å²) in [7, 11) is 1.68. The van der Waals surface area contributed by atoms with E-state index in [2.05, 4.69) is 31.2 Å². The molecule has 18 heavy (non-hydrogen) atoms. The van der Waals surface area contributed by atoms with Crippen LogP contribution in [-0.2, 0) is 15.9 Å². The van der Waals surface area contributed by atoms with Crippen molar-refractivity contribution in [3.05, 3.63) is 35.4 Å². The lowest BCUT2D eigenvalue weighted by molar-refractivity contribution is 0.0682. The lowest BCUT2D eigenvalue weighted by atomic mass is 10.0. The highest BCUT2D eigenvalue weighted by molar-refractivity contribution is 5.22. The van der Waals surface area contributed by atoms with Gasteiger partial charge in [0.15, 0.2) is 0 Å². The summed E-state index contributed by atoms with van der Waals surface area (Å²) in [5.41, 5.74) is 8.73. The first kappa shape index (κ1) is 15.2. The first-order chi connectivity index (χ1) is 8.72. The summed E-state index contributed by atoms with van der Waals surface area (Å²) >= 11 is 0. The number of benzene rings is 1. The Labute approximate surface area is 110 Å². The van der Waals surface area contributed by atoms with Crippen LogP contribution in [0.4, 0.5) is 0 Å². The van der Waals surface area contributed by atoms with Crippen LogP contribution in [-0.4, -0.2) is 33.0 Å². The molecule has 0 aliphatic heterocycles. The van der Waals surface area contributed by atoms with Gasteiger partial charge in [0, 0.05) is 19.8 Å². The van der Waals surface area contributed by atoms with E-state index in [1.807, 2.05) is 0 Å². The largest absolute Gasteiger partial charge is 0.382 e. The normalized spacial score (nSPS) is 12.6. The minimum Gasteiger partial charge on any atom is -0.382 e. The molecule has 0 aliphatic rings. The van der Waals surface area contributed by atoms with E-state index in [1.165, 1.54) is 11.1 Å². The van der Waals surface area contributed by atoms with E-state index in [1.54, 1.807) is 7.11 Å². The van der Waals surface area contributed by atoms with Crippen molar-refractivity contribution in [3.8, 4) is 0 Å². The van der Waals surface area contributed by atoms with E-state index in [0.29, 0.717) is 13.2 Å². The van der Waals surface area contributed by atoms with Crippen LogP contribution in [0.3, 0.4) is 0 Å². The van der Waals surface area contributed by atoms with Gasteiger partial charge in [-0.1, -0.05) is 29.8 Å². The van der Waals surface area contributed by atoms with Gasteiger partial charge in [-0.25, -0.2) is 0 Å². The summed E-state index contributed by atoms with van der Waals surface area (Å²) in [6.45, 7) is 4.21. The fourth-order valence-corrected chi connectivity index (χ4v) is 1.94. The van der Waals surface area contributed by atoms with E-state index in [-0.39, 0.29) is 6.04 Å². The van der Waals surface area contributed by atoms with Gasteiger partial charge in [0.25, 0.3) is 0 Å². The Morgan fingerprint density at radius 1 is 1.22 bits per heavy atom. The Kier molecular flexibility index (Phi) is 7.65. The molecule has 0 bridgehead atoms. The molecule has 1 aromatic carbocycles. The Bertz CT molecular complexity index is 328. The van der Waals surface area contributed by atoms with Crippen LogP contribution in [0.5, 0.6) is 0 Å². The summed E-state index contributed by atoms with van der Waals surface area (Å²) in [6.07, 6.45) is 2.96. The van der Waals surface area contributed by atoms with E-state index in [4.69, 9.17) is 15.2 Å². The molecule has 0 heterocycles. The highest BCUT2D eigenvalue weighted by Crippen LogP contribution is 2.08. The number of hydrogen-bond donors (Lipinski definition) is 1. The summed E-state index contributed by atoms with van der Waals surface area (Å²) in [5, 5.41) is 0. The third kappa shape index (κ3) is 6.74. The third-order valence-corrected chi connectivity index (χ3v) is 2.88. The Morgan fingerprint density at radius 2 is 2.06 bits per heavy atom. The maximum atomic E-state index is 6.12. The molecule has 3 heteroatoms. The van der Waals surface area contributed by atoms with Gasteiger partial charge in [0.2, 0.25) is 0 Å². The maximum absolute atomic E-state index is 6.12. The standard InChI is InChI=1S/C15H25NO2/c1-13-5-3-6-14(11-13)12-15(16)7-4-8-18-10-9-17-2/h3,5-6,11,15H,4,7-10,12,16H2,1-2H3. The molecular formula is C15H25NO2. The number of hydrogen-bond acceptors (Lipinski definition) is 3. The first-order valence-corrected chi connectivity index (χ1v) is 6.60. The van der Waals surface area contributed by atoms with Gasteiger partial charge in [-0.2, -0.15) is 0 Å². The molecule has 0 aromatic heterocycles. The van der Waals surface area contributed by atoms with Crippen molar-refractivity contribution in [2.75, 3.05) is 26.9 Å². The summed E-state index contributed by atoms with van der Waals surface area (Å²) in [5.74, 6) is 0. The lowest BCUT2D eigenvalue weighted by Crippen LogP contribution is -2.23. The van der Waals surface area contributed by atoms with Gasteiger partial charge in [-0.3, -0.25) is 0 Å². The molecule has 2 N–H and O–H groups in total. The Balaban J connectivity index is 2.12. The van der Waals surface area contributed by atoms with E-state index < -0.39 is 0 Å². The molecule has 1 rings (SSSR count). The predicted molar refractivity (Wildman–Crippen MR) is 74.8 cm³/mol. The Hall–Kier alpha value is -0.900. The molecule has 0 saturated heterocycles. The lowest BCUT2D eigenvalue weighted by Gasteiger charge is -2.12. The van der Waals surface area contributed by atoms with Crippen LogP contribution < -0.4 is 5.73 Å². The van der Waals surface area contributed by atoms with Crippen LogP contribution in [0.25, 0.3) is 0 Å². The molecule has 1 atom stereocenters. The highest BCUT2D eigenvalue weighted by Gasteiger charge is 2.04. The number of ether oxygens (including phenoxy) is 2. The smallest absolute Gasteiger partial charge is 0.0700 e. The SMILES string of the molecule is COCCOCCCC(N)Cc1cccc(C)c1. The molecule has 0 amide bonds. The predicted octanol–water partition coefficient (Wildman–Crippen LogP) is 2.31. The molecule has 0 spiro atoms. The zero-order valence-corrected chi connectivity index (χ0v) is 11.5. The van der Waals surface area contributed by atoms with Crippen molar-refractivity contribution in [1.29, 1.82) is 0 Å². The minimum absolute atomic E-state index is 0.220. The van der Waals surface area contributed by atoms with Gasteiger partial charge in [0.1, 0.15) is 0 Å². The van der Waals surface area contributed by atoms with Gasteiger partial charge in [0.05, 0.1) is 13.2 Å². The van der Waals surface area contributed by atoms with Crippen molar-refractivity contribution in [2.24, 2.45) is 5.73 Å². The second-order valence-electron chi connectivity index (χ2n) is 4.70. The van der Waals surface area contributed by atoms with Crippen LogP contribution >= 0.6 is 0 Å². The minimum atomic E-state index is 0.220. The van der Waals surface area contributed by atoms with Crippen molar-refractivity contribution in [1.82, 2.24) is 0 Å². The topological polar surface area (TPSA) is 44.5 Å². The molecule has 1 aromatic rings.